The number of aryl methyl sites for hydroxylation is 3. The Labute approximate surface area is 157 Å². The normalized spacial score (nSPS) is 11.0. The maximum Gasteiger partial charge on any atom is 0.284 e. The molecule has 142 valence electrons. The van der Waals surface area contributed by atoms with Crippen LogP contribution >= 0.6 is 0 Å². The van der Waals surface area contributed by atoms with E-state index in [1.165, 1.54) is 35.9 Å². The van der Waals surface area contributed by atoms with Crippen molar-refractivity contribution in [3.05, 3.63) is 46.3 Å². The van der Waals surface area contributed by atoms with Gasteiger partial charge in [0.15, 0.2) is 6.61 Å². The predicted molar refractivity (Wildman–Crippen MR) is 106 cm³/mol. The summed E-state index contributed by atoms with van der Waals surface area (Å²) in [5, 5.41) is 4.47. The first-order valence-electron chi connectivity index (χ1n) is 9.73. The minimum absolute atomic E-state index is 0.00356. The summed E-state index contributed by atoms with van der Waals surface area (Å²) in [5.74, 6) is 0.670. The molecule has 0 unspecified atom stereocenters. The van der Waals surface area contributed by atoms with Crippen molar-refractivity contribution < 1.29 is 9.53 Å². The lowest BCUT2D eigenvalue weighted by Gasteiger charge is -2.11. The Balaban J connectivity index is 2.00. The fourth-order valence-electron chi connectivity index (χ4n) is 3.41. The molecule has 0 bridgehead atoms. The third-order valence-electron chi connectivity index (χ3n) is 4.96. The van der Waals surface area contributed by atoms with Gasteiger partial charge in [0.2, 0.25) is 0 Å². The van der Waals surface area contributed by atoms with E-state index in [2.05, 4.69) is 12.0 Å². The van der Waals surface area contributed by atoms with Gasteiger partial charge in [-0.2, -0.15) is 5.10 Å². The largest absolute Gasteiger partial charge is 0.483 e. The molecule has 0 spiro atoms. The van der Waals surface area contributed by atoms with E-state index in [0.29, 0.717) is 0 Å². The Morgan fingerprint density at radius 3 is 2.35 bits per heavy atom. The molecule has 0 radical (unpaired) electrons. The van der Waals surface area contributed by atoms with Gasteiger partial charge in [-0.15, -0.1) is 0 Å². The minimum Gasteiger partial charge on any atom is -0.483 e. The topological polar surface area (TPSA) is 44.1 Å². The first-order valence-corrected chi connectivity index (χ1v) is 9.73. The number of benzene rings is 1. The van der Waals surface area contributed by atoms with Crippen molar-refractivity contribution in [2.75, 3.05) is 6.61 Å². The standard InChI is InChI=1S/C22H32N2O2/c1-6-7-8-9-10-14-20-18(4)23-24(19(20)5)21(25)15-26-22-16(2)12-11-13-17(22)3/h11-13H,6-10,14-15H2,1-5H3. The van der Waals surface area contributed by atoms with Crippen LogP contribution in [0.3, 0.4) is 0 Å². The van der Waals surface area contributed by atoms with Gasteiger partial charge in [0.25, 0.3) is 5.91 Å². The van der Waals surface area contributed by atoms with Crippen molar-refractivity contribution in [3.8, 4) is 5.75 Å². The number of unbranched alkanes of at least 4 members (excludes halogenated alkanes) is 4. The maximum absolute atomic E-state index is 12.6. The number of para-hydroxylation sites is 1. The lowest BCUT2D eigenvalue weighted by molar-refractivity contribution is 0.0817. The molecule has 0 saturated carbocycles. The Morgan fingerprint density at radius 2 is 1.69 bits per heavy atom. The Kier molecular flexibility index (Phi) is 7.43. The monoisotopic (exact) mass is 356 g/mol. The number of hydrogen-bond donors (Lipinski definition) is 0. The highest BCUT2D eigenvalue weighted by Crippen LogP contribution is 2.22. The molecule has 0 aliphatic rings. The van der Waals surface area contributed by atoms with E-state index < -0.39 is 0 Å². The van der Waals surface area contributed by atoms with Crippen molar-refractivity contribution >= 4 is 5.91 Å². The van der Waals surface area contributed by atoms with Crippen LogP contribution in [0.1, 0.15) is 71.9 Å². The van der Waals surface area contributed by atoms with Crippen LogP contribution in [0.4, 0.5) is 0 Å². The smallest absolute Gasteiger partial charge is 0.284 e. The summed E-state index contributed by atoms with van der Waals surface area (Å²) in [5.41, 5.74) is 5.20. The highest BCUT2D eigenvalue weighted by Gasteiger charge is 2.17. The van der Waals surface area contributed by atoms with E-state index in [4.69, 9.17) is 4.74 Å². The summed E-state index contributed by atoms with van der Waals surface area (Å²) in [6.45, 7) is 10.2. The fourth-order valence-corrected chi connectivity index (χ4v) is 3.41. The van der Waals surface area contributed by atoms with E-state index in [0.717, 1.165) is 41.1 Å². The van der Waals surface area contributed by atoms with E-state index >= 15 is 0 Å². The average Bonchev–Trinajstić information content (AvgIpc) is 2.89. The number of aromatic nitrogens is 2. The molecule has 4 nitrogen and oxygen atoms in total. The van der Waals surface area contributed by atoms with Crippen molar-refractivity contribution in [2.45, 2.75) is 73.1 Å². The van der Waals surface area contributed by atoms with Crippen LogP contribution in [0.15, 0.2) is 18.2 Å². The second-order valence-corrected chi connectivity index (χ2v) is 7.13. The van der Waals surface area contributed by atoms with Crippen LogP contribution in [0.5, 0.6) is 5.75 Å². The summed E-state index contributed by atoms with van der Waals surface area (Å²) in [4.78, 5) is 12.6. The third-order valence-corrected chi connectivity index (χ3v) is 4.96. The molecule has 0 aliphatic carbocycles. The molecule has 0 fully saturated rings. The van der Waals surface area contributed by atoms with Gasteiger partial charge in [-0.3, -0.25) is 4.79 Å². The quantitative estimate of drug-likeness (QED) is 0.569. The van der Waals surface area contributed by atoms with Crippen molar-refractivity contribution in [3.63, 3.8) is 0 Å². The molecule has 0 atom stereocenters. The summed E-state index contributed by atoms with van der Waals surface area (Å²) >= 11 is 0. The second-order valence-electron chi connectivity index (χ2n) is 7.13. The molecule has 2 aromatic rings. The molecule has 0 N–H and O–H groups in total. The first-order chi connectivity index (χ1) is 12.5. The summed E-state index contributed by atoms with van der Waals surface area (Å²) in [7, 11) is 0. The van der Waals surface area contributed by atoms with Gasteiger partial charge in [-0.1, -0.05) is 50.8 Å². The molecule has 1 aromatic heterocycles. The molecule has 1 heterocycles. The van der Waals surface area contributed by atoms with Gasteiger partial charge in [0.05, 0.1) is 5.69 Å². The number of rotatable bonds is 9. The van der Waals surface area contributed by atoms with Crippen molar-refractivity contribution in [1.29, 1.82) is 0 Å². The van der Waals surface area contributed by atoms with Crippen LogP contribution in [0.25, 0.3) is 0 Å². The van der Waals surface area contributed by atoms with Crippen molar-refractivity contribution in [1.82, 2.24) is 9.78 Å². The lowest BCUT2D eigenvalue weighted by Crippen LogP contribution is -2.22. The zero-order valence-electron chi connectivity index (χ0n) is 16.9. The van der Waals surface area contributed by atoms with Gasteiger partial charge < -0.3 is 4.74 Å². The predicted octanol–water partition coefficient (Wildman–Crippen LogP) is 5.35. The van der Waals surface area contributed by atoms with E-state index in [9.17, 15) is 4.79 Å². The minimum atomic E-state index is -0.120. The van der Waals surface area contributed by atoms with Crippen LogP contribution < -0.4 is 4.74 Å². The molecule has 0 amide bonds. The molecular weight excluding hydrogens is 324 g/mol. The number of nitrogens with zero attached hydrogens (tertiary/aromatic N) is 2. The second kappa shape index (κ2) is 9.56. The Hall–Kier alpha value is -2.10. The van der Waals surface area contributed by atoms with Gasteiger partial charge in [-0.05, 0) is 57.2 Å². The number of carbonyl (C=O) groups is 1. The molecule has 26 heavy (non-hydrogen) atoms. The summed E-state index contributed by atoms with van der Waals surface area (Å²) in [6, 6.07) is 5.98. The van der Waals surface area contributed by atoms with Gasteiger partial charge >= 0.3 is 0 Å². The Morgan fingerprint density at radius 1 is 1.04 bits per heavy atom. The average molecular weight is 357 g/mol. The SMILES string of the molecule is CCCCCCCc1c(C)nn(C(=O)COc2c(C)cccc2C)c1C. The van der Waals surface area contributed by atoms with Gasteiger partial charge in [-0.25, -0.2) is 4.68 Å². The van der Waals surface area contributed by atoms with E-state index in [-0.39, 0.29) is 12.5 Å². The summed E-state index contributed by atoms with van der Waals surface area (Å²) in [6.07, 6.45) is 7.22. The van der Waals surface area contributed by atoms with Crippen LogP contribution in [0, 0.1) is 27.7 Å². The van der Waals surface area contributed by atoms with E-state index in [1.54, 1.807) is 0 Å². The summed E-state index contributed by atoms with van der Waals surface area (Å²) < 4.78 is 7.32. The van der Waals surface area contributed by atoms with Gasteiger partial charge in [0, 0.05) is 5.69 Å². The molecule has 1 aromatic carbocycles. The highest BCUT2D eigenvalue weighted by atomic mass is 16.5. The molecule has 0 saturated heterocycles. The maximum atomic E-state index is 12.6. The van der Waals surface area contributed by atoms with Crippen LogP contribution in [0.2, 0.25) is 0 Å². The van der Waals surface area contributed by atoms with Crippen LogP contribution in [-0.4, -0.2) is 22.3 Å². The molecule has 4 heteroatoms. The third kappa shape index (κ3) is 4.96. The fraction of sp³-hybridized carbons (Fsp3) is 0.545. The van der Waals surface area contributed by atoms with E-state index in [1.807, 2.05) is 45.9 Å². The van der Waals surface area contributed by atoms with Crippen molar-refractivity contribution in [2.24, 2.45) is 0 Å². The zero-order chi connectivity index (χ0) is 19.1. The zero-order valence-corrected chi connectivity index (χ0v) is 16.9. The first kappa shape index (κ1) is 20.2. The molecule has 0 aliphatic heterocycles. The number of ether oxygens (including phenoxy) is 1. The number of carbonyl (C=O) groups excluding carboxylic acids is 1. The molecule has 2 rings (SSSR count). The molecular formula is C22H32N2O2. The highest BCUT2D eigenvalue weighted by molar-refractivity contribution is 5.80. The van der Waals surface area contributed by atoms with Gasteiger partial charge in [0.1, 0.15) is 5.75 Å². The Bertz CT molecular complexity index is 727. The lowest BCUT2D eigenvalue weighted by atomic mass is 10.0. The van der Waals surface area contributed by atoms with Crippen LogP contribution in [-0.2, 0) is 6.42 Å². The number of hydrogen-bond acceptors (Lipinski definition) is 3.